The third kappa shape index (κ3) is 12.4. The van der Waals surface area contributed by atoms with Crippen LogP contribution in [0.5, 0.6) is 0 Å². The summed E-state index contributed by atoms with van der Waals surface area (Å²) in [6.07, 6.45) is 0.679. The van der Waals surface area contributed by atoms with Gasteiger partial charge in [0.1, 0.15) is 39.4 Å². The fraction of sp³-hybridized carbons (Fsp3) is 0.182. The molecule has 3 heterocycles. The van der Waals surface area contributed by atoms with Crippen molar-refractivity contribution >= 4 is 64.4 Å². The maximum Gasteiger partial charge on any atom is 0.414 e. The topological polar surface area (TPSA) is 302 Å². The number of imidazole rings is 1. The maximum atomic E-state index is 14.6. The smallest absolute Gasteiger partial charge is 0.414 e. The second-order valence-electron chi connectivity index (χ2n) is 18.1. The van der Waals surface area contributed by atoms with Gasteiger partial charge in [0.15, 0.2) is 11.2 Å². The van der Waals surface area contributed by atoms with Crippen molar-refractivity contribution in [3.05, 3.63) is 204 Å². The van der Waals surface area contributed by atoms with Crippen LogP contribution >= 0.6 is 0 Å². The minimum Gasteiger partial charge on any atom is -0.480 e. The summed E-state index contributed by atoms with van der Waals surface area (Å²) in [6, 6.07) is 37.5. The van der Waals surface area contributed by atoms with Crippen LogP contribution < -0.4 is 32.8 Å². The van der Waals surface area contributed by atoms with Gasteiger partial charge in [0.2, 0.25) is 23.7 Å². The van der Waals surface area contributed by atoms with E-state index in [1.54, 1.807) is 66.7 Å². The number of aliphatic carboxylic acids is 1. The predicted octanol–water partition coefficient (Wildman–Crippen LogP) is 5.17. The van der Waals surface area contributed by atoms with Gasteiger partial charge >= 0.3 is 23.8 Å². The van der Waals surface area contributed by atoms with Crippen LogP contribution in [0, 0.1) is 6.92 Å². The first-order chi connectivity index (χ1) is 37.7. The molecule has 1 aliphatic carbocycles. The Balaban J connectivity index is 0.950. The molecule has 1 aliphatic rings. The highest BCUT2D eigenvalue weighted by molar-refractivity contribution is 5.96. The number of fused-ring (bicyclic) bond motifs is 4. The highest BCUT2D eigenvalue weighted by Crippen LogP contribution is 2.44. The molecule has 23 nitrogen and oxygen atoms in total. The van der Waals surface area contributed by atoms with Crippen molar-refractivity contribution in [1.29, 1.82) is 0 Å². The summed E-state index contributed by atoms with van der Waals surface area (Å²) < 4.78 is 13.3. The lowest BCUT2D eigenvalue weighted by atomic mass is 9.98. The lowest BCUT2D eigenvalue weighted by Gasteiger charge is -2.25. The summed E-state index contributed by atoms with van der Waals surface area (Å²) in [5.41, 5.74) is 3.57. The monoisotopic (exact) mass is 1060 g/mol. The van der Waals surface area contributed by atoms with Crippen LogP contribution in [0.1, 0.15) is 39.3 Å². The van der Waals surface area contributed by atoms with Gasteiger partial charge in [0.05, 0.1) is 6.33 Å². The number of H-pyrrole nitrogens is 2. The zero-order valence-corrected chi connectivity index (χ0v) is 41.6. The molecule has 3 aromatic heterocycles. The number of carbonyl (C=O) groups excluding carboxylic acids is 5. The number of anilines is 3. The molecule has 0 radical (unpaired) electrons. The summed E-state index contributed by atoms with van der Waals surface area (Å²) in [7, 11) is 0. The Morgan fingerprint density at radius 3 is 1.86 bits per heavy atom. The van der Waals surface area contributed by atoms with Crippen LogP contribution in [0.25, 0.3) is 22.3 Å². The molecule has 396 valence electrons. The number of hydrogen-bond donors (Lipinski definition) is 6. The second-order valence-corrected chi connectivity index (χ2v) is 18.1. The number of amides is 5. The Bertz CT molecular complexity index is 3750. The molecule has 0 fully saturated rings. The molecule has 0 spiro atoms. The number of carboxylic acid groups (broad SMARTS) is 1. The molecule has 23 heteroatoms. The zero-order valence-electron chi connectivity index (χ0n) is 41.6. The Kier molecular flexibility index (Phi) is 15.7. The van der Waals surface area contributed by atoms with Crippen LogP contribution in [0.4, 0.5) is 26.9 Å². The number of hydrogen-bond acceptors (Lipinski definition) is 13. The van der Waals surface area contributed by atoms with Crippen molar-refractivity contribution in [1.82, 2.24) is 38.9 Å². The molecule has 5 aromatic carbocycles. The summed E-state index contributed by atoms with van der Waals surface area (Å²) in [4.78, 5) is 134. The van der Waals surface area contributed by atoms with Crippen LogP contribution in [0.2, 0.25) is 0 Å². The minimum atomic E-state index is -1.36. The summed E-state index contributed by atoms with van der Waals surface area (Å²) in [6.45, 7) is -1.81. The number of carboxylic acids is 1. The third-order valence-corrected chi connectivity index (χ3v) is 12.7. The minimum absolute atomic E-state index is 0.0210. The zero-order chi connectivity index (χ0) is 54.9. The fourth-order valence-electron chi connectivity index (χ4n) is 8.92. The lowest BCUT2D eigenvalue weighted by Crippen LogP contribution is -2.41. The number of carbonyl (C=O) groups is 6. The van der Waals surface area contributed by atoms with Crippen LogP contribution in [0.15, 0.2) is 154 Å². The maximum absolute atomic E-state index is 14.6. The van der Waals surface area contributed by atoms with Gasteiger partial charge in [-0.3, -0.25) is 53.9 Å². The molecule has 9 rings (SSSR count). The fourth-order valence-corrected chi connectivity index (χ4v) is 8.92. The van der Waals surface area contributed by atoms with Crippen molar-refractivity contribution in [2.45, 2.75) is 45.6 Å². The number of benzene rings is 5. The van der Waals surface area contributed by atoms with Gasteiger partial charge in [-0.25, -0.2) is 19.4 Å². The molecule has 0 atom stereocenters. The van der Waals surface area contributed by atoms with E-state index < -0.39 is 78.9 Å². The molecule has 0 saturated heterocycles. The molecule has 6 N–H and O–H groups in total. The first-order valence-electron chi connectivity index (χ1n) is 24.3. The molecule has 0 unspecified atom stereocenters. The average Bonchev–Trinajstić information content (AvgIpc) is 4.05. The molecule has 0 saturated carbocycles. The number of rotatable bonds is 19. The van der Waals surface area contributed by atoms with Crippen molar-refractivity contribution in [3.8, 4) is 11.1 Å². The van der Waals surface area contributed by atoms with E-state index in [2.05, 4.69) is 35.9 Å². The molecule has 5 amide bonds. The first kappa shape index (κ1) is 52.4. The second kappa shape index (κ2) is 23.4. The lowest BCUT2D eigenvalue weighted by molar-refractivity contribution is -0.145. The van der Waals surface area contributed by atoms with E-state index in [0.29, 0.717) is 11.1 Å². The standard InChI is InChI=1S/C55H49N11O12/c1-33-23-65(53(74)61-50(33)72)27-45(68)64(29-47(70)71)25-35-15-5-11-21-42(35)57-44(67)26-63(46(69)28-66-32-56-48-49(66)59-52(60-51(48)73)62-55(76)77-30-34-13-3-2-4-14-34)24-36-16-6-12-22-43(36)58-54(75)78-31-41-39-19-9-7-17-37(39)38-18-8-10-20-40(38)41/h2-23,32,41H,24-31H2,1H3,(H,57,67)(H,58,75)(H,70,71)(H,61,72,74)(H2,59,60,62,73,76). The van der Waals surface area contributed by atoms with Crippen molar-refractivity contribution in [2.24, 2.45) is 0 Å². The molecule has 8 aromatic rings. The molecule has 0 aliphatic heterocycles. The van der Waals surface area contributed by atoms with Gasteiger partial charge in [-0.1, -0.05) is 115 Å². The molecule has 0 bridgehead atoms. The SMILES string of the molecule is Cc1cn(CC(=O)N(CC(=O)O)Cc2ccccc2NC(=O)CN(Cc2ccccc2NC(=O)OCC2c3ccccc3-c3ccccc32)C(=O)Cn2cnc3c(=O)[nH]c(NC(=O)OCc4ccccc4)nc32)c(=O)[nH]c1=O. The Hall–Kier alpha value is -10.5. The van der Waals surface area contributed by atoms with Gasteiger partial charge < -0.3 is 34.3 Å². The summed E-state index contributed by atoms with van der Waals surface area (Å²) in [5, 5.41) is 17.7. The number of nitrogens with one attached hydrogen (secondary N) is 5. The van der Waals surface area contributed by atoms with E-state index in [9.17, 15) is 48.3 Å². The predicted molar refractivity (Wildman–Crippen MR) is 283 cm³/mol. The number of aromatic amines is 2. The van der Waals surface area contributed by atoms with Gasteiger partial charge in [0.25, 0.3) is 11.1 Å². The third-order valence-electron chi connectivity index (χ3n) is 12.7. The van der Waals surface area contributed by atoms with Gasteiger partial charge in [0, 0.05) is 42.1 Å². The summed E-state index contributed by atoms with van der Waals surface area (Å²) >= 11 is 0. The van der Waals surface area contributed by atoms with E-state index in [0.717, 1.165) is 31.7 Å². The van der Waals surface area contributed by atoms with Gasteiger partial charge in [-0.05, 0) is 58.0 Å². The van der Waals surface area contributed by atoms with Crippen LogP contribution in [0.3, 0.4) is 0 Å². The van der Waals surface area contributed by atoms with Crippen LogP contribution in [-0.2, 0) is 61.4 Å². The first-order valence-corrected chi connectivity index (χ1v) is 24.3. The molecular weight excluding hydrogens is 1010 g/mol. The summed E-state index contributed by atoms with van der Waals surface area (Å²) in [5.74, 6) is -4.11. The van der Waals surface area contributed by atoms with Gasteiger partial charge in [-0.2, -0.15) is 4.98 Å². The van der Waals surface area contributed by atoms with Crippen molar-refractivity contribution in [2.75, 3.05) is 35.6 Å². The van der Waals surface area contributed by atoms with Gasteiger partial charge in [-0.15, -0.1) is 0 Å². The van der Waals surface area contributed by atoms with Crippen molar-refractivity contribution in [3.63, 3.8) is 0 Å². The quantitative estimate of drug-likeness (QED) is 0.0609. The van der Waals surface area contributed by atoms with Crippen LogP contribution in [-0.4, -0.2) is 99.6 Å². The highest BCUT2D eigenvalue weighted by atomic mass is 16.6. The van der Waals surface area contributed by atoms with E-state index >= 15 is 0 Å². The molecule has 78 heavy (non-hydrogen) atoms. The normalized spacial score (nSPS) is 11.5. The number of nitrogens with zero attached hydrogens (tertiary/aromatic N) is 6. The number of ether oxygens (including phenoxy) is 2. The Morgan fingerprint density at radius 1 is 0.641 bits per heavy atom. The van der Waals surface area contributed by atoms with Crippen molar-refractivity contribution < 1.29 is 43.3 Å². The Morgan fingerprint density at radius 2 is 1.21 bits per heavy atom. The number of para-hydroxylation sites is 2. The Labute approximate surface area is 442 Å². The number of aryl methyl sites for hydroxylation is 1. The van der Waals surface area contributed by atoms with E-state index in [4.69, 9.17) is 9.47 Å². The van der Waals surface area contributed by atoms with E-state index in [1.165, 1.54) is 35.0 Å². The van der Waals surface area contributed by atoms with E-state index in [1.807, 2.05) is 54.6 Å². The largest absolute Gasteiger partial charge is 0.480 e. The highest BCUT2D eigenvalue weighted by Gasteiger charge is 2.30. The molecular formula is C55H49N11O12. The van der Waals surface area contributed by atoms with E-state index in [-0.39, 0.29) is 71.8 Å². The number of aromatic nitrogens is 6. The average molecular weight is 1060 g/mol.